The molecule has 1 N–H and O–H groups in total. The van der Waals surface area contributed by atoms with Gasteiger partial charge in [-0.2, -0.15) is 0 Å². The number of ketones is 1. The average molecular weight is 625 g/mol. The predicted molar refractivity (Wildman–Crippen MR) is 134 cm³/mol. The van der Waals surface area contributed by atoms with Gasteiger partial charge >= 0.3 is 0 Å². The zero-order valence-electron chi connectivity index (χ0n) is 18.7. The van der Waals surface area contributed by atoms with E-state index >= 15 is 0 Å². The van der Waals surface area contributed by atoms with Gasteiger partial charge in [-0.3, -0.25) is 9.78 Å². The fourth-order valence-corrected chi connectivity index (χ4v) is 4.23. The molecule has 0 atom stereocenters. The van der Waals surface area contributed by atoms with Crippen LogP contribution < -0.4 is 4.98 Å². The molecule has 5 nitrogen and oxygen atoms in total. The van der Waals surface area contributed by atoms with E-state index < -0.39 is 0 Å². The van der Waals surface area contributed by atoms with Crippen molar-refractivity contribution in [2.45, 2.75) is 13.8 Å². The normalized spacial score (nSPS) is 11.4. The van der Waals surface area contributed by atoms with Gasteiger partial charge in [-0.05, 0) is 64.2 Å². The number of pyridine rings is 1. The summed E-state index contributed by atoms with van der Waals surface area (Å²) in [7, 11) is 0. The van der Waals surface area contributed by atoms with E-state index in [0.717, 1.165) is 33.1 Å². The van der Waals surface area contributed by atoms with Crippen molar-refractivity contribution in [2.75, 3.05) is 0 Å². The maximum Gasteiger partial charge on any atom is 0.155 e. The Balaban J connectivity index is 0.000000303. The number of aliphatic hydroxyl groups is 1. The second-order valence-corrected chi connectivity index (χ2v) is 7.99. The monoisotopic (exact) mass is 625 g/mol. The Hall–Kier alpha value is -3.73. The van der Waals surface area contributed by atoms with Crippen LogP contribution in [0.15, 0.2) is 97.0 Å². The average Bonchev–Trinajstić information content (AvgIpc) is 3.36. The molecule has 6 heteroatoms. The first-order valence-electron chi connectivity index (χ1n) is 10.7. The van der Waals surface area contributed by atoms with E-state index in [9.17, 15) is 4.79 Å². The number of aromatic nitrogens is 3. The summed E-state index contributed by atoms with van der Waals surface area (Å²) in [5.41, 5.74) is 2.09. The molecule has 6 aromatic rings. The molecule has 171 valence electrons. The first kappa shape index (κ1) is 23.4. The third-order valence-electron chi connectivity index (χ3n) is 5.55. The summed E-state index contributed by atoms with van der Waals surface area (Å²) in [6, 6.07) is 25.4. The molecule has 34 heavy (non-hydrogen) atoms. The summed E-state index contributed by atoms with van der Waals surface area (Å²) in [6.07, 6.45) is 4.95. The number of aliphatic hydroxyl groups excluding tert-OH is 1. The number of rotatable bonds is 2. The summed E-state index contributed by atoms with van der Waals surface area (Å²) in [5.74, 6) is 0.877. The maximum atomic E-state index is 10.0. The van der Waals surface area contributed by atoms with E-state index in [1.807, 2.05) is 24.5 Å². The summed E-state index contributed by atoms with van der Waals surface area (Å²) in [5, 5.41) is 15.5. The van der Waals surface area contributed by atoms with Gasteiger partial charge in [-0.15, -0.1) is 0 Å². The molecule has 0 amide bonds. The third-order valence-corrected chi connectivity index (χ3v) is 5.55. The molecule has 0 bridgehead atoms. The number of hydrogen-bond donors (Lipinski definition) is 1. The molecule has 0 aliphatic rings. The van der Waals surface area contributed by atoms with E-state index in [-0.39, 0.29) is 31.6 Å². The van der Waals surface area contributed by atoms with Gasteiger partial charge in [-0.1, -0.05) is 66.9 Å². The molecule has 6 rings (SSSR count). The van der Waals surface area contributed by atoms with Crippen molar-refractivity contribution >= 4 is 49.3 Å². The molecule has 1 radical (unpaired) electrons. The summed E-state index contributed by atoms with van der Waals surface area (Å²) in [4.78, 5) is 19.5. The maximum absolute atomic E-state index is 10.0. The van der Waals surface area contributed by atoms with E-state index in [4.69, 9.17) is 15.1 Å². The predicted octanol–water partition coefficient (Wildman–Crippen LogP) is 6.48. The Morgan fingerprint density at radius 2 is 1.53 bits per heavy atom. The molecule has 0 unspecified atom stereocenters. The van der Waals surface area contributed by atoms with Crippen molar-refractivity contribution in [1.82, 2.24) is 14.5 Å². The SMILES string of the molecule is CC(=O)/C=C(/C)O.[Ir].c1ccc2cc3c(cc2c1)c1cccnc1n3-c1[n-]cc2ccccc12. The van der Waals surface area contributed by atoms with Crippen molar-refractivity contribution in [1.29, 1.82) is 0 Å². The summed E-state index contributed by atoms with van der Waals surface area (Å²) in [6.45, 7) is 2.85. The second-order valence-electron chi connectivity index (χ2n) is 7.99. The van der Waals surface area contributed by atoms with Gasteiger partial charge in [0.2, 0.25) is 0 Å². The van der Waals surface area contributed by atoms with Gasteiger partial charge in [0.15, 0.2) is 5.78 Å². The van der Waals surface area contributed by atoms with Crippen LogP contribution in [0.3, 0.4) is 0 Å². The zero-order chi connectivity index (χ0) is 22.9. The summed E-state index contributed by atoms with van der Waals surface area (Å²) < 4.78 is 2.19. The number of carbonyl (C=O) groups excluding carboxylic acids is 1. The molecular formula is C28H22IrN3O2-. The van der Waals surface area contributed by atoms with Gasteiger partial charge < -0.3 is 14.7 Å². The largest absolute Gasteiger partial charge is 0.512 e. The molecule has 0 aliphatic carbocycles. The Kier molecular flexibility index (Phi) is 6.64. The number of allylic oxidation sites excluding steroid dienone is 2. The number of hydrogen-bond acceptors (Lipinski definition) is 3. The smallest absolute Gasteiger partial charge is 0.155 e. The molecule has 0 fully saturated rings. The van der Waals surface area contributed by atoms with Crippen LogP contribution >= 0.6 is 0 Å². The van der Waals surface area contributed by atoms with Crippen LogP contribution in [0.5, 0.6) is 0 Å². The molecule has 3 heterocycles. The zero-order valence-corrected chi connectivity index (χ0v) is 21.1. The third kappa shape index (κ3) is 4.26. The van der Waals surface area contributed by atoms with E-state index in [2.05, 4.69) is 65.2 Å². The number of fused-ring (bicyclic) bond motifs is 5. The Labute approximate surface area is 210 Å². The Morgan fingerprint density at radius 1 is 0.882 bits per heavy atom. The minimum atomic E-state index is -0.125. The standard InChI is InChI=1S/C23H14N3.C5H8O2.Ir/c1-2-7-16-13-21-20(12-15(16)6-1)19-10-5-11-24-23(19)26(21)22-18-9-4-3-8-17(18)14-25-22;1-4(6)3-5(2)7;/h1-14H;3,6H,1-2H3;/q-1;;/b;4-3-;. The van der Waals surface area contributed by atoms with Crippen LogP contribution in [0, 0.1) is 0 Å². The van der Waals surface area contributed by atoms with Crippen molar-refractivity contribution < 1.29 is 30.0 Å². The van der Waals surface area contributed by atoms with Crippen LogP contribution in [0.25, 0.3) is 49.3 Å². The van der Waals surface area contributed by atoms with Crippen LogP contribution in [0.4, 0.5) is 0 Å². The van der Waals surface area contributed by atoms with Crippen molar-refractivity contribution in [2.24, 2.45) is 0 Å². The Bertz CT molecular complexity index is 1670. The van der Waals surface area contributed by atoms with E-state index in [1.54, 1.807) is 0 Å². The molecule has 0 spiro atoms. The first-order chi connectivity index (χ1) is 16.0. The topological polar surface area (TPSA) is 69.2 Å². The van der Waals surface area contributed by atoms with E-state index in [1.165, 1.54) is 36.1 Å². The van der Waals surface area contributed by atoms with Crippen molar-refractivity contribution in [3.8, 4) is 5.82 Å². The minimum absolute atomic E-state index is 0. The fourth-order valence-electron chi connectivity index (χ4n) is 4.23. The molecular weight excluding hydrogens is 603 g/mol. The van der Waals surface area contributed by atoms with Crippen LogP contribution in [-0.2, 0) is 24.9 Å². The van der Waals surface area contributed by atoms with Gasteiger partial charge in [0.25, 0.3) is 0 Å². The van der Waals surface area contributed by atoms with Crippen molar-refractivity contribution in [3.05, 3.63) is 97.0 Å². The van der Waals surface area contributed by atoms with Gasteiger partial charge in [0.1, 0.15) is 0 Å². The number of nitrogens with zero attached hydrogens (tertiary/aromatic N) is 3. The second kappa shape index (κ2) is 9.64. The summed E-state index contributed by atoms with van der Waals surface area (Å²) >= 11 is 0. The van der Waals surface area contributed by atoms with Crippen LogP contribution in [-0.4, -0.2) is 20.4 Å². The first-order valence-corrected chi connectivity index (χ1v) is 10.7. The molecule has 0 saturated heterocycles. The molecule has 0 saturated carbocycles. The number of carbonyl (C=O) groups is 1. The van der Waals surface area contributed by atoms with Gasteiger partial charge in [0, 0.05) is 37.8 Å². The van der Waals surface area contributed by atoms with Crippen LogP contribution in [0.1, 0.15) is 13.8 Å². The van der Waals surface area contributed by atoms with Crippen molar-refractivity contribution in [3.63, 3.8) is 0 Å². The molecule has 3 aromatic heterocycles. The molecule has 3 aromatic carbocycles. The van der Waals surface area contributed by atoms with Gasteiger partial charge in [0.05, 0.1) is 11.4 Å². The fraction of sp³-hybridized carbons (Fsp3) is 0.0714. The van der Waals surface area contributed by atoms with E-state index in [0.29, 0.717) is 0 Å². The minimum Gasteiger partial charge on any atom is -0.512 e. The molecule has 0 aliphatic heterocycles. The number of benzene rings is 3. The quantitative estimate of drug-likeness (QED) is 0.177. The van der Waals surface area contributed by atoms with Gasteiger partial charge in [-0.25, -0.2) is 0 Å². The van der Waals surface area contributed by atoms with Crippen LogP contribution in [0.2, 0.25) is 0 Å². The Morgan fingerprint density at radius 3 is 2.21 bits per heavy atom.